The zero-order chi connectivity index (χ0) is 10.6. The molecule has 0 amide bonds. The van der Waals surface area contributed by atoms with Crippen LogP contribution in [0.2, 0.25) is 0 Å². The Morgan fingerprint density at radius 3 is 2.14 bits per heavy atom. The second-order valence-corrected chi connectivity index (χ2v) is 3.92. The second-order valence-electron chi connectivity index (χ2n) is 3.92. The minimum absolute atomic E-state index is 0.227. The zero-order valence-electron chi connectivity index (χ0n) is 8.77. The molecule has 0 bridgehead atoms. The molecule has 1 aromatic carbocycles. The summed E-state index contributed by atoms with van der Waals surface area (Å²) in [6, 6.07) is 7.27. The maximum atomic E-state index is 9.15. The van der Waals surface area contributed by atoms with Gasteiger partial charge in [0.15, 0.2) is 0 Å². The maximum absolute atomic E-state index is 9.15. The monoisotopic (exact) mass is 194 g/mol. The Morgan fingerprint density at radius 1 is 1.07 bits per heavy atom. The summed E-state index contributed by atoms with van der Waals surface area (Å²) in [5, 5.41) is 18.3. The van der Waals surface area contributed by atoms with E-state index in [1.54, 1.807) is 12.1 Å². The fourth-order valence-corrected chi connectivity index (χ4v) is 1.46. The number of hydrogen-bond acceptors (Lipinski definition) is 2. The molecule has 2 heteroatoms. The quantitative estimate of drug-likeness (QED) is 0.773. The van der Waals surface area contributed by atoms with E-state index in [1.807, 2.05) is 19.1 Å². The first kappa shape index (κ1) is 11.1. The van der Waals surface area contributed by atoms with Crippen LogP contribution in [0, 0.1) is 0 Å². The molecule has 0 aliphatic heterocycles. The van der Waals surface area contributed by atoms with Gasteiger partial charge in [-0.1, -0.05) is 19.1 Å². The lowest BCUT2D eigenvalue weighted by Gasteiger charge is -2.12. The topological polar surface area (TPSA) is 40.5 Å². The predicted molar refractivity (Wildman–Crippen MR) is 57.4 cm³/mol. The largest absolute Gasteiger partial charge is 0.508 e. The van der Waals surface area contributed by atoms with Crippen LogP contribution < -0.4 is 0 Å². The highest BCUT2D eigenvalue weighted by molar-refractivity contribution is 5.27. The molecule has 0 aromatic heterocycles. The Hall–Kier alpha value is -1.02. The van der Waals surface area contributed by atoms with Crippen LogP contribution in [0.5, 0.6) is 5.75 Å². The summed E-state index contributed by atoms with van der Waals surface area (Å²) in [6.45, 7) is 3.94. The van der Waals surface area contributed by atoms with E-state index < -0.39 is 0 Å². The highest BCUT2D eigenvalue weighted by Crippen LogP contribution is 2.23. The average Bonchev–Trinajstić information content (AvgIpc) is 2.15. The summed E-state index contributed by atoms with van der Waals surface area (Å²) in [7, 11) is 0. The second kappa shape index (κ2) is 5.01. The Labute approximate surface area is 85.2 Å². The van der Waals surface area contributed by atoms with E-state index in [1.165, 1.54) is 5.56 Å². The highest BCUT2D eigenvalue weighted by atomic mass is 16.3. The molecule has 1 rings (SSSR count). The van der Waals surface area contributed by atoms with Crippen LogP contribution in [0.3, 0.4) is 0 Å². The van der Waals surface area contributed by atoms with Gasteiger partial charge in [-0.2, -0.15) is 0 Å². The summed E-state index contributed by atoms with van der Waals surface area (Å²) in [5.74, 6) is 0.738. The van der Waals surface area contributed by atoms with Crippen molar-refractivity contribution in [2.45, 2.75) is 38.7 Å². The first-order chi connectivity index (χ1) is 6.59. The highest BCUT2D eigenvalue weighted by Gasteiger charge is 2.06. The van der Waals surface area contributed by atoms with Gasteiger partial charge in [0.1, 0.15) is 5.75 Å². The molecule has 0 spiro atoms. The fourth-order valence-electron chi connectivity index (χ4n) is 1.46. The average molecular weight is 194 g/mol. The predicted octanol–water partition coefficient (Wildman–Crippen LogP) is 2.66. The van der Waals surface area contributed by atoms with E-state index in [0.717, 1.165) is 12.8 Å². The van der Waals surface area contributed by atoms with Gasteiger partial charge < -0.3 is 10.2 Å². The molecule has 2 nitrogen and oxygen atoms in total. The Balaban J connectivity index is 2.52. The lowest BCUT2D eigenvalue weighted by atomic mass is 9.95. The molecule has 1 aromatic rings. The van der Waals surface area contributed by atoms with Crippen LogP contribution in [-0.4, -0.2) is 16.3 Å². The van der Waals surface area contributed by atoms with Crippen molar-refractivity contribution in [3.05, 3.63) is 29.8 Å². The van der Waals surface area contributed by atoms with Crippen molar-refractivity contribution in [2.24, 2.45) is 0 Å². The number of aliphatic hydroxyl groups is 1. The van der Waals surface area contributed by atoms with E-state index >= 15 is 0 Å². The molecule has 2 unspecified atom stereocenters. The van der Waals surface area contributed by atoms with Gasteiger partial charge in [0.05, 0.1) is 6.10 Å². The molecule has 0 saturated carbocycles. The number of phenolic OH excluding ortho intramolecular Hbond substituents is 1. The van der Waals surface area contributed by atoms with Gasteiger partial charge >= 0.3 is 0 Å². The fraction of sp³-hybridized carbons (Fsp3) is 0.500. The van der Waals surface area contributed by atoms with E-state index in [0.29, 0.717) is 11.7 Å². The molecule has 0 aliphatic carbocycles. The third-order valence-corrected chi connectivity index (χ3v) is 2.48. The van der Waals surface area contributed by atoms with E-state index in [9.17, 15) is 0 Å². The van der Waals surface area contributed by atoms with Crippen molar-refractivity contribution in [1.29, 1.82) is 0 Å². The van der Waals surface area contributed by atoms with Crippen molar-refractivity contribution in [1.82, 2.24) is 0 Å². The molecule has 0 saturated heterocycles. The summed E-state index contributed by atoms with van der Waals surface area (Å²) >= 11 is 0. The van der Waals surface area contributed by atoms with Crippen molar-refractivity contribution in [2.75, 3.05) is 0 Å². The molecule has 0 radical (unpaired) electrons. The van der Waals surface area contributed by atoms with Crippen LogP contribution in [0.1, 0.15) is 38.2 Å². The van der Waals surface area contributed by atoms with Crippen molar-refractivity contribution in [3.63, 3.8) is 0 Å². The van der Waals surface area contributed by atoms with Gasteiger partial charge in [0, 0.05) is 0 Å². The van der Waals surface area contributed by atoms with Crippen molar-refractivity contribution >= 4 is 0 Å². The number of phenols is 1. The van der Waals surface area contributed by atoms with Crippen LogP contribution in [0.15, 0.2) is 24.3 Å². The molecule has 2 N–H and O–H groups in total. The SMILES string of the molecule is CC(O)CCC(C)c1ccc(O)cc1. The summed E-state index contributed by atoms with van der Waals surface area (Å²) in [5.41, 5.74) is 1.21. The molecule has 14 heavy (non-hydrogen) atoms. The van der Waals surface area contributed by atoms with Gasteiger partial charge in [0.25, 0.3) is 0 Å². The number of hydrogen-bond donors (Lipinski definition) is 2. The van der Waals surface area contributed by atoms with Crippen LogP contribution in [0.25, 0.3) is 0 Å². The molecular weight excluding hydrogens is 176 g/mol. The van der Waals surface area contributed by atoms with Crippen LogP contribution in [0.4, 0.5) is 0 Å². The third kappa shape index (κ3) is 3.38. The zero-order valence-corrected chi connectivity index (χ0v) is 8.77. The minimum Gasteiger partial charge on any atom is -0.508 e. The summed E-state index contributed by atoms with van der Waals surface area (Å²) in [4.78, 5) is 0. The number of aromatic hydroxyl groups is 1. The standard InChI is InChI=1S/C12H18O2/c1-9(3-4-10(2)13)11-5-7-12(14)8-6-11/h5-10,13-14H,3-4H2,1-2H3. The van der Waals surface area contributed by atoms with Gasteiger partial charge in [0.2, 0.25) is 0 Å². The summed E-state index contributed by atoms with van der Waals surface area (Å²) < 4.78 is 0. The third-order valence-electron chi connectivity index (χ3n) is 2.48. The molecule has 0 fully saturated rings. The molecule has 2 atom stereocenters. The number of rotatable bonds is 4. The van der Waals surface area contributed by atoms with E-state index in [4.69, 9.17) is 10.2 Å². The van der Waals surface area contributed by atoms with Gasteiger partial charge in [-0.15, -0.1) is 0 Å². The maximum Gasteiger partial charge on any atom is 0.115 e. The normalized spacial score (nSPS) is 15.1. The molecule has 78 valence electrons. The van der Waals surface area contributed by atoms with Crippen molar-refractivity contribution < 1.29 is 10.2 Å². The molecular formula is C12H18O2. The number of aliphatic hydroxyl groups excluding tert-OH is 1. The lowest BCUT2D eigenvalue weighted by Crippen LogP contribution is -2.02. The van der Waals surface area contributed by atoms with Crippen LogP contribution in [-0.2, 0) is 0 Å². The summed E-state index contributed by atoms with van der Waals surface area (Å²) in [6.07, 6.45) is 1.57. The molecule has 0 aliphatic rings. The lowest BCUT2D eigenvalue weighted by molar-refractivity contribution is 0.179. The van der Waals surface area contributed by atoms with Crippen molar-refractivity contribution in [3.8, 4) is 5.75 Å². The Bertz CT molecular complexity index is 264. The minimum atomic E-state index is -0.227. The Kier molecular flexibility index (Phi) is 3.96. The van der Waals surface area contributed by atoms with Gasteiger partial charge in [-0.25, -0.2) is 0 Å². The Morgan fingerprint density at radius 2 is 1.64 bits per heavy atom. The first-order valence-corrected chi connectivity index (χ1v) is 5.06. The smallest absolute Gasteiger partial charge is 0.115 e. The van der Waals surface area contributed by atoms with Gasteiger partial charge in [-0.3, -0.25) is 0 Å². The van der Waals surface area contributed by atoms with Gasteiger partial charge in [-0.05, 0) is 43.4 Å². The van der Waals surface area contributed by atoms with E-state index in [-0.39, 0.29) is 6.10 Å². The molecule has 0 heterocycles. The number of benzene rings is 1. The van der Waals surface area contributed by atoms with Crippen LogP contribution >= 0.6 is 0 Å². The first-order valence-electron chi connectivity index (χ1n) is 5.06. The van der Waals surface area contributed by atoms with E-state index in [2.05, 4.69) is 6.92 Å².